The molecule has 1 saturated heterocycles. The van der Waals surface area contributed by atoms with Crippen LogP contribution >= 0.6 is 0 Å². The van der Waals surface area contributed by atoms with E-state index in [0.29, 0.717) is 6.54 Å². The zero-order valence-electron chi connectivity index (χ0n) is 13.5. The average molecular weight is 333 g/mol. The number of ether oxygens (including phenoxy) is 1. The Morgan fingerprint density at radius 2 is 2.25 bits per heavy atom. The van der Waals surface area contributed by atoms with Crippen molar-refractivity contribution in [2.45, 2.75) is 25.4 Å². The van der Waals surface area contributed by atoms with Gasteiger partial charge in [0.25, 0.3) is 18.6 Å². The summed E-state index contributed by atoms with van der Waals surface area (Å²) in [4.78, 5) is 25.2. The van der Waals surface area contributed by atoms with Gasteiger partial charge in [0.15, 0.2) is 0 Å². The highest BCUT2D eigenvalue weighted by Crippen LogP contribution is 2.19. The number of likely N-dealkylation sites (tertiary alicyclic amines) is 1. The SMILES string of the molecule is COc1ccc(N[C@@H]2CCCN(C(=O)C[n+]3cc(=O)o[nH]3)C2)cc1. The van der Waals surface area contributed by atoms with Crippen LogP contribution in [-0.2, 0) is 11.3 Å². The number of anilines is 1. The molecule has 0 bridgehead atoms. The minimum atomic E-state index is -0.500. The number of amides is 1. The number of hydrogen-bond acceptors (Lipinski definition) is 5. The monoisotopic (exact) mass is 333 g/mol. The second kappa shape index (κ2) is 7.20. The maximum absolute atomic E-state index is 12.4. The fourth-order valence-electron chi connectivity index (χ4n) is 2.85. The molecule has 1 aliphatic heterocycles. The highest BCUT2D eigenvalue weighted by molar-refractivity contribution is 5.74. The van der Waals surface area contributed by atoms with Gasteiger partial charge in [0.05, 0.1) is 7.11 Å². The number of H-pyrrole nitrogens is 1. The van der Waals surface area contributed by atoms with Gasteiger partial charge >= 0.3 is 5.63 Å². The minimum Gasteiger partial charge on any atom is -0.497 e. The van der Waals surface area contributed by atoms with Gasteiger partial charge in [0.2, 0.25) is 0 Å². The molecule has 24 heavy (non-hydrogen) atoms. The molecule has 0 radical (unpaired) electrons. The number of piperidine rings is 1. The van der Waals surface area contributed by atoms with E-state index in [1.54, 1.807) is 7.11 Å². The fourth-order valence-corrected chi connectivity index (χ4v) is 2.85. The molecule has 0 spiro atoms. The van der Waals surface area contributed by atoms with Gasteiger partial charge in [-0.15, -0.1) is 0 Å². The molecule has 1 amide bonds. The zero-order chi connectivity index (χ0) is 16.9. The molecule has 1 fully saturated rings. The van der Waals surface area contributed by atoms with Crippen molar-refractivity contribution in [1.82, 2.24) is 10.2 Å². The van der Waals surface area contributed by atoms with Crippen LogP contribution in [0.5, 0.6) is 5.75 Å². The molecule has 2 N–H and O–H groups in total. The fraction of sp³-hybridized carbons (Fsp3) is 0.438. The number of hydrogen-bond donors (Lipinski definition) is 2. The number of benzene rings is 1. The Hall–Kier alpha value is -2.77. The van der Waals surface area contributed by atoms with Crippen LogP contribution in [0.2, 0.25) is 0 Å². The summed E-state index contributed by atoms with van der Waals surface area (Å²) >= 11 is 0. The smallest absolute Gasteiger partial charge is 0.426 e. The van der Waals surface area contributed by atoms with Crippen LogP contribution < -0.4 is 20.4 Å². The Morgan fingerprint density at radius 3 is 2.92 bits per heavy atom. The molecule has 8 nitrogen and oxygen atoms in total. The third-order valence-electron chi connectivity index (χ3n) is 4.07. The average Bonchev–Trinajstić information content (AvgIpc) is 3.00. The first-order valence-electron chi connectivity index (χ1n) is 7.90. The molecule has 2 aromatic rings. The van der Waals surface area contributed by atoms with E-state index in [2.05, 4.69) is 15.1 Å². The summed E-state index contributed by atoms with van der Waals surface area (Å²) in [5.41, 5.74) is 0.504. The Bertz CT molecular complexity index is 737. The van der Waals surface area contributed by atoms with E-state index in [1.807, 2.05) is 29.2 Å². The summed E-state index contributed by atoms with van der Waals surface area (Å²) in [6, 6.07) is 7.93. The van der Waals surface area contributed by atoms with Gasteiger partial charge < -0.3 is 15.0 Å². The van der Waals surface area contributed by atoms with Crippen molar-refractivity contribution in [3.05, 3.63) is 40.9 Å². The zero-order valence-corrected chi connectivity index (χ0v) is 13.5. The number of nitrogens with zero attached hydrogens (tertiary/aromatic N) is 2. The third-order valence-corrected chi connectivity index (χ3v) is 4.07. The number of carbonyl (C=O) groups is 1. The van der Waals surface area contributed by atoms with E-state index in [-0.39, 0.29) is 18.5 Å². The van der Waals surface area contributed by atoms with Crippen LogP contribution in [0.25, 0.3) is 0 Å². The molecular weight excluding hydrogens is 312 g/mol. The van der Waals surface area contributed by atoms with Crippen molar-refractivity contribution in [1.29, 1.82) is 0 Å². The van der Waals surface area contributed by atoms with E-state index >= 15 is 0 Å². The summed E-state index contributed by atoms with van der Waals surface area (Å²) in [5.74, 6) is 0.769. The summed E-state index contributed by atoms with van der Waals surface area (Å²) in [6.07, 6.45) is 3.17. The van der Waals surface area contributed by atoms with Crippen molar-refractivity contribution in [2.24, 2.45) is 0 Å². The summed E-state index contributed by atoms with van der Waals surface area (Å²) in [5, 5.41) is 5.84. The lowest BCUT2D eigenvalue weighted by Crippen LogP contribution is -2.51. The topological polar surface area (TPSA) is 91.4 Å². The van der Waals surface area contributed by atoms with Crippen LogP contribution in [0.4, 0.5) is 5.69 Å². The molecule has 2 heterocycles. The van der Waals surface area contributed by atoms with Crippen LogP contribution in [0.15, 0.2) is 39.8 Å². The Kier molecular flexibility index (Phi) is 4.83. The van der Waals surface area contributed by atoms with Crippen LogP contribution in [0.1, 0.15) is 12.8 Å². The number of aromatic nitrogens is 2. The second-order valence-electron chi connectivity index (χ2n) is 5.82. The number of carbonyl (C=O) groups excluding carboxylic acids is 1. The first kappa shape index (κ1) is 16.1. The predicted molar refractivity (Wildman–Crippen MR) is 85.7 cm³/mol. The Balaban J connectivity index is 1.56. The normalized spacial score (nSPS) is 17.5. The lowest BCUT2D eigenvalue weighted by atomic mass is 10.1. The molecular formula is C16H21N4O4+. The summed E-state index contributed by atoms with van der Waals surface area (Å²) < 4.78 is 11.1. The maximum Gasteiger partial charge on any atom is 0.426 e. The van der Waals surface area contributed by atoms with Crippen molar-refractivity contribution >= 4 is 11.6 Å². The third kappa shape index (κ3) is 3.95. The predicted octanol–water partition coefficient (Wildman–Crippen LogP) is 0.367. The minimum absolute atomic E-state index is 0.0433. The van der Waals surface area contributed by atoms with Gasteiger partial charge in [-0.3, -0.25) is 9.32 Å². The molecule has 128 valence electrons. The lowest BCUT2D eigenvalue weighted by molar-refractivity contribution is -0.751. The van der Waals surface area contributed by atoms with E-state index in [0.717, 1.165) is 30.8 Å². The Labute approximate surface area is 139 Å². The molecule has 1 aromatic carbocycles. The van der Waals surface area contributed by atoms with Crippen molar-refractivity contribution < 1.29 is 18.7 Å². The number of rotatable bonds is 5. The highest BCUT2D eigenvalue weighted by Gasteiger charge is 2.26. The Morgan fingerprint density at radius 1 is 1.46 bits per heavy atom. The molecule has 3 rings (SSSR count). The van der Waals surface area contributed by atoms with Gasteiger partial charge in [0, 0.05) is 24.8 Å². The summed E-state index contributed by atoms with van der Waals surface area (Å²) in [7, 11) is 1.64. The first-order valence-corrected chi connectivity index (χ1v) is 7.90. The molecule has 0 unspecified atom stereocenters. The molecule has 1 aliphatic rings. The molecule has 1 aromatic heterocycles. The van der Waals surface area contributed by atoms with Crippen molar-refractivity contribution in [3.8, 4) is 5.75 Å². The van der Waals surface area contributed by atoms with Crippen LogP contribution in [0, 0.1) is 0 Å². The lowest BCUT2D eigenvalue weighted by Gasteiger charge is -2.33. The second-order valence-corrected chi connectivity index (χ2v) is 5.82. The van der Waals surface area contributed by atoms with Crippen molar-refractivity contribution in [3.63, 3.8) is 0 Å². The van der Waals surface area contributed by atoms with Crippen LogP contribution in [-0.4, -0.2) is 42.3 Å². The van der Waals surface area contributed by atoms with E-state index in [4.69, 9.17) is 4.74 Å². The standard InChI is InChI=1S/C16H20N4O4/c1-23-14-6-4-12(5-7-14)17-13-3-2-8-19(9-13)15(21)10-20-11-16(22)24-18-20/h4-7,11,13,17H,2-3,8-10H2,1H3/p+1/t13-/m1/s1. The summed E-state index contributed by atoms with van der Waals surface area (Å²) in [6.45, 7) is 1.43. The largest absolute Gasteiger partial charge is 0.497 e. The van der Waals surface area contributed by atoms with Crippen LogP contribution in [0.3, 0.4) is 0 Å². The molecule has 8 heteroatoms. The van der Waals surface area contributed by atoms with E-state index in [9.17, 15) is 9.59 Å². The number of aromatic amines is 1. The van der Waals surface area contributed by atoms with Gasteiger partial charge in [0.1, 0.15) is 5.75 Å². The molecule has 0 saturated carbocycles. The van der Waals surface area contributed by atoms with Gasteiger partial charge in [-0.25, -0.2) is 4.79 Å². The number of nitrogens with one attached hydrogen (secondary N) is 2. The van der Waals surface area contributed by atoms with Gasteiger partial charge in [-0.2, -0.15) is 0 Å². The maximum atomic E-state index is 12.4. The van der Waals surface area contributed by atoms with E-state index < -0.39 is 5.63 Å². The number of methoxy groups -OCH3 is 1. The molecule has 0 aliphatic carbocycles. The van der Waals surface area contributed by atoms with Gasteiger partial charge in [-0.05, 0) is 42.4 Å². The highest BCUT2D eigenvalue weighted by atomic mass is 16.5. The first-order chi connectivity index (χ1) is 11.6. The molecule has 1 atom stereocenters. The quantitative estimate of drug-likeness (QED) is 0.771. The van der Waals surface area contributed by atoms with Gasteiger partial charge in [-0.1, -0.05) is 4.68 Å². The van der Waals surface area contributed by atoms with Crippen molar-refractivity contribution in [2.75, 3.05) is 25.5 Å². The van der Waals surface area contributed by atoms with E-state index in [1.165, 1.54) is 10.9 Å².